The number of nitrogens with one attached hydrogen (secondary N) is 2. The maximum atomic E-state index is 11.2. The van der Waals surface area contributed by atoms with E-state index in [-0.39, 0.29) is 11.5 Å². The highest BCUT2D eigenvalue weighted by atomic mass is 16.7. The van der Waals surface area contributed by atoms with Gasteiger partial charge in [-0.1, -0.05) is 5.16 Å². The van der Waals surface area contributed by atoms with E-state index in [1.807, 2.05) is 17.1 Å². The van der Waals surface area contributed by atoms with E-state index in [0.717, 1.165) is 79.9 Å². The summed E-state index contributed by atoms with van der Waals surface area (Å²) in [7, 11) is 0. The van der Waals surface area contributed by atoms with Crippen LogP contribution >= 0.6 is 0 Å². The second-order valence-corrected chi connectivity index (χ2v) is 8.98. The van der Waals surface area contributed by atoms with Crippen LogP contribution in [0.2, 0.25) is 0 Å². The summed E-state index contributed by atoms with van der Waals surface area (Å²) in [5.41, 5.74) is 3.62. The molecule has 3 aliphatic rings. The van der Waals surface area contributed by atoms with E-state index in [0.29, 0.717) is 18.5 Å². The lowest BCUT2D eigenvalue weighted by molar-refractivity contribution is -0.123. The highest BCUT2D eigenvalue weighted by molar-refractivity contribution is 6.10. The molecule has 2 aromatic heterocycles. The third kappa shape index (κ3) is 3.86. The lowest BCUT2D eigenvalue weighted by Crippen LogP contribution is -2.48. The van der Waals surface area contributed by atoms with Gasteiger partial charge in [0.15, 0.2) is 5.65 Å². The van der Waals surface area contributed by atoms with E-state index in [1.54, 1.807) is 6.92 Å². The molecular formula is C22H30N6O3. The SMILES string of the molecule is CCn1ncc2c(NC3CCOCC3)c(C3=NOC4(C3)CC(CNC(C)=O)C4)cnc21. The number of anilines is 1. The average Bonchev–Trinajstić information content (AvgIpc) is 3.37. The molecule has 166 valence electrons. The van der Waals surface area contributed by atoms with Crippen LogP contribution in [0.15, 0.2) is 17.5 Å². The van der Waals surface area contributed by atoms with Crippen molar-refractivity contribution in [1.29, 1.82) is 0 Å². The molecule has 31 heavy (non-hydrogen) atoms. The molecule has 2 aromatic rings. The van der Waals surface area contributed by atoms with Gasteiger partial charge in [0.25, 0.3) is 0 Å². The van der Waals surface area contributed by atoms with Gasteiger partial charge in [-0.25, -0.2) is 9.67 Å². The van der Waals surface area contributed by atoms with Crippen LogP contribution in [-0.4, -0.2) is 57.8 Å². The molecule has 2 fully saturated rings. The number of carbonyl (C=O) groups is 1. The zero-order chi connectivity index (χ0) is 21.4. The van der Waals surface area contributed by atoms with Crippen LogP contribution in [0.25, 0.3) is 11.0 Å². The fourth-order valence-corrected chi connectivity index (χ4v) is 4.99. The maximum absolute atomic E-state index is 11.2. The Morgan fingerprint density at radius 3 is 2.84 bits per heavy atom. The van der Waals surface area contributed by atoms with Crippen molar-refractivity contribution in [3.63, 3.8) is 0 Å². The van der Waals surface area contributed by atoms with Crippen molar-refractivity contribution in [3.8, 4) is 0 Å². The first-order valence-corrected chi connectivity index (χ1v) is 11.3. The lowest BCUT2D eigenvalue weighted by Gasteiger charge is -2.42. The minimum Gasteiger partial charge on any atom is -0.389 e. The number of nitrogens with zero attached hydrogens (tertiary/aromatic N) is 4. The van der Waals surface area contributed by atoms with Gasteiger partial charge in [-0.05, 0) is 38.5 Å². The molecule has 9 nitrogen and oxygen atoms in total. The Balaban J connectivity index is 1.38. The molecular weight excluding hydrogens is 396 g/mol. The second kappa shape index (κ2) is 8.11. The normalized spacial score (nSPS) is 25.9. The van der Waals surface area contributed by atoms with Gasteiger partial charge in [-0.3, -0.25) is 4.79 Å². The van der Waals surface area contributed by atoms with Gasteiger partial charge in [0.1, 0.15) is 5.60 Å². The van der Waals surface area contributed by atoms with E-state index in [4.69, 9.17) is 14.6 Å². The summed E-state index contributed by atoms with van der Waals surface area (Å²) in [6, 6.07) is 0.352. The molecule has 2 N–H and O–H groups in total. The summed E-state index contributed by atoms with van der Waals surface area (Å²) in [6.45, 7) is 6.65. The topological polar surface area (TPSA) is 103 Å². The molecule has 0 unspecified atom stereocenters. The van der Waals surface area contributed by atoms with Gasteiger partial charge in [0.2, 0.25) is 5.91 Å². The minimum atomic E-state index is -0.239. The summed E-state index contributed by atoms with van der Waals surface area (Å²) in [5.74, 6) is 0.461. The number of hydrogen-bond acceptors (Lipinski definition) is 7. The molecule has 5 rings (SSSR count). The van der Waals surface area contributed by atoms with E-state index in [2.05, 4.69) is 27.8 Å². The predicted octanol–water partition coefficient (Wildman–Crippen LogP) is 2.45. The average molecular weight is 427 g/mol. The largest absolute Gasteiger partial charge is 0.389 e. The van der Waals surface area contributed by atoms with Gasteiger partial charge in [-0.15, -0.1) is 0 Å². The van der Waals surface area contributed by atoms with E-state index < -0.39 is 0 Å². The van der Waals surface area contributed by atoms with E-state index in [9.17, 15) is 4.79 Å². The second-order valence-electron chi connectivity index (χ2n) is 8.98. The summed E-state index contributed by atoms with van der Waals surface area (Å²) >= 11 is 0. The van der Waals surface area contributed by atoms with Crippen LogP contribution in [0.1, 0.15) is 51.5 Å². The first-order valence-electron chi connectivity index (χ1n) is 11.3. The van der Waals surface area contributed by atoms with Gasteiger partial charge in [0.05, 0.1) is 23.0 Å². The Morgan fingerprint density at radius 2 is 2.10 bits per heavy atom. The number of oxime groups is 1. The number of rotatable bonds is 6. The number of pyridine rings is 1. The van der Waals surface area contributed by atoms with Crippen molar-refractivity contribution in [2.75, 3.05) is 25.1 Å². The first kappa shape index (κ1) is 20.2. The first-order chi connectivity index (χ1) is 15.1. The molecule has 1 saturated heterocycles. The molecule has 4 heterocycles. The molecule has 1 saturated carbocycles. The lowest BCUT2D eigenvalue weighted by atomic mass is 9.68. The van der Waals surface area contributed by atoms with Crippen LogP contribution in [0.3, 0.4) is 0 Å². The van der Waals surface area contributed by atoms with Crippen LogP contribution in [0, 0.1) is 5.92 Å². The minimum absolute atomic E-state index is 0.0149. The Bertz CT molecular complexity index is 1000. The number of aromatic nitrogens is 3. The molecule has 2 aliphatic heterocycles. The van der Waals surface area contributed by atoms with Crippen molar-refractivity contribution < 1.29 is 14.4 Å². The third-order valence-corrected chi connectivity index (χ3v) is 6.65. The van der Waals surface area contributed by atoms with E-state index in [1.165, 1.54) is 0 Å². The highest BCUT2D eigenvalue weighted by Crippen LogP contribution is 2.47. The van der Waals surface area contributed by atoms with Gasteiger partial charge < -0.3 is 20.2 Å². The van der Waals surface area contributed by atoms with Crippen molar-refractivity contribution >= 4 is 28.3 Å². The molecule has 0 radical (unpaired) electrons. The molecule has 9 heteroatoms. The molecule has 0 bridgehead atoms. The number of amides is 1. The molecule has 0 aromatic carbocycles. The van der Waals surface area contributed by atoms with Crippen molar-refractivity contribution in [2.24, 2.45) is 11.1 Å². The van der Waals surface area contributed by atoms with Crippen LogP contribution in [-0.2, 0) is 20.9 Å². The van der Waals surface area contributed by atoms with E-state index >= 15 is 0 Å². The number of hydrogen-bond donors (Lipinski definition) is 2. The third-order valence-electron chi connectivity index (χ3n) is 6.65. The van der Waals surface area contributed by atoms with Crippen molar-refractivity contribution in [1.82, 2.24) is 20.1 Å². The van der Waals surface area contributed by atoms with Crippen LogP contribution in [0.4, 0.5) is 5.69 Å². The van der Waals surface area contributed by atoms with Crippen LogP contribution in [0.5, 0.6) is 0 Å². The summed E-state index contributed by atoms with van der Waals surface area (Å²) in [5, 5.41) is 16.7. The summed E-state index contributed by atoms with van der Waals surface area (Å²) in [6.07, 6.45) is 8.34. The van der Waals surface area contributed by atoms with Gasteiger partial charge in [0, 0.05) is 57.4 Å². The van der Waals surface area contributed by atoms with Gasteiger partial charge >= 0.3 is 0 Å². The van der Waals surface area contributed by atoms with Crippen LogP contribution < -0.4 is 10.6 Å². The monoisotopic (exact) mass is 426 g/mol. The number of carbonyl (C=O) groups excluding carboxylic acids is 1. The smallest absolute Gasteiger partial charge is 0.216 e. The number of aryl methyl sites for hydroxylation is 1. The number of ether oxygens (including phenoxy) is 1. The Kier molecular flexibility index (Phi) is 5.29. The Labute approximate surface area is 181 Å². The summed E-state index contributed by atoms with van der Waals surface area (Å²) < 4.78 is 7.45. The van der Waals surface area contributed by atoms with Crippen molar-refractivity contribution in [2.45, 2.75) is 64.1 Å². The zero-order valence-electron chi connectivity index (χ0n) is 18.2. The highest BCUT2D eigenvalue weighted by Gasteiger charge is 2.51. The Hall–Kier alpha value is -2.68. The summed E-state index contributed by atoms with van der Waals surface area (Å²) in [4.78, 5) is 21.8. The fraction of sp³-hybridized carbons (Fsp3) is 0.636. The fourth-order valence-electron chi connectivity index (χ4n) is 4.99. The molecule has 0 atom stereocenters. The zero-order valence-corrected chi connectivity index (χ0v) is 18.2. The number of fused-ring (bicyclic) bond motifs is 1. The maximum Gasteiger partial charge on any atom is 0.216 e. The standard InChI is InChI=1S/C22H30N6O3/c1-3-28-21-18(13-25-28)20(26-16-4-6-30-7-5-16)17(12-24-21)19-10-22(31-27-19)8-15(9-22)11-23-14(2)29/h12-13,15-16H,3-11H2,1-2H3,(H,23,29)(H,24,26). The Morgan fingerprint density at radius 1 is 1.29 bits per heavy atom. The van der Waals surface area contributed by atoms with Crippen molar-refractivity contribution in [3.05, 3.63) is 18.0 Å². The predicted molar refractivity (Wildman–Crippen MR) is 117 cm³/mol. The molecule has 1 amide bonds. The quantitative estimate of drug-likeness (QED) is 0.736. The molecule has 1 spiro atoms. The van der Waals surface area contributed by atoms with Gasteiger partial charge in [-0.2, -0.15) is 5.10 Å². The molecule has 1 aliphatic carbocycles.